The Kier molecular flexibility index (Phi) is 5.57. The van der Waals surface area contributed by atoms with Crippen LogP contribution in [0.15, 0.2) is 30.7 Å². The Morgan fingerprint density at radius 1 is 1.29 bits per heavy atom. The summed E-state index contributed by atoms with van der Waals surface area (Å²) in [6, 6.07) is 3.89. The van der Waals surface area contributed by atoms with E-state index in [0.717, 1.165) is 41.2 Å². The van der Waals surface area contributed by atoms with E-state index in [1.165, 1.54) is 0 Å². The maximum Gasteiger partial charge on any atom is 0.275 e. The van der Waals surface area contributed by atoms with Crippen molar-refractivity contribution in [2.45, 2.75) is 25.7 Å². The minimum Gasteiger partial charge on any atom is -0.337 e. The number of rotatable bonds is 3. The zero-order valence-electron chi connectivity index (χ0n) is 15.1. The molecular weight excluding hydrogens is 417 g/mol. The fourth-order valence-corrected chi connectivity index (χ4v) is 4.47. The van der Waals surface area contributed by atoms with Crippen molar-refractivity contribution < 1.29 is 4.79 Å². The van der Waals surface area contributed by atoms with Crippen LogP contribution in [0.25, 0.3) is 11.1 Å². The first-order chi connectivity index (χ1) is 13.5. The number of hydrogen-bond donors (Lipinski definition) is 0. The predicted molar refractivity (Wildman–Crippen MR) is 110 cm³/mol. The lowest BCUT2D eigenvalue weighted by molar-refractivity contribution is 0.0701. The van der Waals surface area contributed by atoms with Gasteiger partial charge >= 0.3 is 0 Å². The molecule has 1 aliphatic heterocycles. The summed E-state index contributed by atoms with van der Waals surface area (Å²) in [6.45, 7) is 3.09. The largest absolute Gasteiger partial charge is 0.337 e. The second-order valence-corrected chi connectivity index (χ2v) is 8.41. The van der Waals surface area contributed by atoms with Gasteiger partial charge in [-0.05, 0) is 49.0 Å². The molecule has 4 rings (SSSR count). The number of pyridine rings is 1. The molecule has 0 saturated carbocycles. The van der Waals surface area contributed by atoms with E-state index in [1.807, 2.05) is 25.3 Å². The molecule has 1 aliphatic rings. The average Bonchev–Trinajstić information content (AvgIpc) is 3.06. The fraction of sp³-hybridized carbons (Fsp3) is 0.316. The molecule has 0 N–H and O–H groups in total. The Balaban J connectivity index is 1.64. The van der Waals surface area contributed by atoms with E-state index in [0.29, 0.717) is 23.3 Å². The first-order valence-electron chi connectivity index (χ1n) is 8.88. The highest BCUT2D eigenvalue weighted by atomic mass is 35.5. The van der Waals surface area contributed by atoms with Gasteiger partial charge in [-0.3, -0.25) is 9.78 Å². The van der Waals surface area contributed by atoms with Crippen molar-refractivity contribution in [3.8, 4) is 11.1 Å². The molecule has 4 heterocycles. The Hall–Kier alpha value is -2.09. The van der Waals surface area contributed by atoms with Crippen molar-refractivity contribution in [2.75, 3.05) is 13.1 Å². The molecule has 0 aromatic carbocycles. The highest BCUT2D eigenvalue weighted by Crippen LogP contribution is 2.35. The molecule has 0 unspecified atom stereocenters. The van der Waals surface area contributed by atoms with Gasteiger partial charge in [-0.15, -0.1) is 0 Å². The Bertz CT molecular complexity index is 1010. The van der Waals surface area contributed by atoms with E-state index >= 15 is 0 Å². The van der Waals surface area contributed by atoms with Crippen LogP contribution < -0.4 is 0 Å². The first kappa shape index (κ1) is 19.2. The number of carbonyl (C=O) groups is 1. The SMILES string of the molecule is Cc1ncc(-c2ccncc2)c([C@H]2CCCN(C(=O)c3nsc(Cl)c3Cl)C2)n1. The lowest BCUT2D eigenvalue weighted by Gasteiger charge is -2.33. The number of nitrogens with zero attached hydrogens (tertiary/aromatic N) is 5. The zero-order chi connectivity index (χ0) is 19.7. The van der Waals surface area contributed by atoms with Crippen LogP contribution in [-0.2, 0) is 0 Å². The van der Waals surface area contributed by atoms with Crippen molar-refractivity contribution in [2.24, 2.45) is 0 Å². The second kappa shape index (κ2) is 8.11. The molecule has 0 aliphatic carbocycles. The third-order valence-corrected chi connectivity index (χ3v) is 6.44. The van der Waals surface area contributed by atoms with Crippen molar-refractivity contribution in [1.29, 1.82) is 0 Å². The van der Waals surface area contributed by atoms with Gasteiger partial charge in [0.15, 0.2) is 5.69 Å². The molecule has 3 aromatic heterocycles. The van der Waals surface area contributed by atoms with Crippen LogP contribution in [-0.4, -0.2) is 43.2 Å². The summed E-state index contributed by atoms with van der Waals surface area (Å²) in [5, 5.41) is 0.231. The lowest BCUT2D eigenvalue weighted by Crippen LogP contribution is -2.39. The molecular formula is C19H17Cl2N5OS. The van der Waals surface area contributed by atoms with Gasteiger partial charge in [0.25, 0.3) is 5.91 Å². The van der Waals surface area contributed by atoms with Crippen LogP contribution in [0.4, 0.5) is 0 Å². The summed E-state index contributed by atoms with van der Waals surface area (Å²) in [4.78, 5) is 27.9. The minimum absolute atomic E-state index is 0.107. The number of amides is 1. The van der Waals surface area contributed by atoms with Crippen LogP contribution in [0.3, 0.4) is 0 Å². The van der Waals surface area contributed by atoms with E-state index in [9.17, 15) is 4.79 Å². The molecule has 1 amide bonds. The molecule has 1 atom stereocenters. The van der Waals surface area contributed by atoms with Gasteiger partial charge in [0.1, 0.15) is 15.2 Å². The van der Waals surface area contributed by atoms with Gasteiger partial charge in [-0.1, -0.05) is 23.2 Å². The van der Waals surface area contributed by atoms with Crippen LogP contribution in [0.1, 0.15) is 40.8 Å². The maximum absolute atomic E-state index is 12.9. The van der Waals surface area contributed by atoms with Crippen LogP contribution in [0.2, 0.25) is 9.36 Å². The summed E-state index contributed by atoms with van der Waals surface area (Å²) in [7, 11) is 0. The van der Waals surface area contributed by atoms with Gasteiger partial charge in [0, 0.05) is 43.2 Å². The van der Waals surface area contributed by atoms with Crippen LogP contribution in [0.5, 0.6) is 0 Å². The molecule has 28 heavy (non-hydrogen) atoms. The van der Waals surface area contributed by atoms with Crippen LogP contribution >= 0.6 is 34.7 Å². The van der Waals surface area contributed by atoms with Crippen molar-refractivity contribution >= 4 is 40.6 Å². The number of aryl methyl sites for hydroxylation is 1. The van der Waals surface area contributed by atoms with Crippen molar-refractivity contribution in [3.63, 3.8) is 0 Å². The zero-order valence-corrected chi connectivity index (χ0v) is 17.4. The topological polar surface area (TPSA) is 71.9 Å². The lowest BCUT2D eigenvalue weighted by atomic mass is 9.90. The molecule has 3 aromatic rings. The quantitative estimate of drug-likeness (QED) is 0.601. The molecule has 6 nitrogen and oxygen atoms in total. The number of likely N-dealkylation sites (tertiary alicyclic amines) is 1. The van der Waals surface area contributed by atoms with Crippen LogP contribution in [0, 0.1) is 6.92 Å². The Morgan fingerprint density at radius 3 is 2.79 bits per heavy atom. The van der Waals surface area contributed by atoms with Crippen molar-refractivity contribution in [3.05, 3.63) is 57.3 Å². The molecule has 1 fully saturated rings. The predicted octanol–water partition coefficient (Wildman–Crippen LogP) is 4.63. The Morgan fingerprint density at radius 2 is 2.07 bits per heavy atom. The summed E-state index contributed by atoms with van der Waals surface area (Å²) in [5.74, 6) is 0.634. The van der Waals surface area contributed by atoms with Gasteiger partial charge in [0.2, 0.25) is 0 Å². The van der Waals surface area contributed by atoms with Gasteiger partial charge in [-0.25, -0.2) is 9.97 Å². The second-order valence-electron chi connectivity index (χ2n) is 6.66. The highest BCUT2D eigenvalue weighted by Gasteiger charge is 2.30. The van der Waals surface area contributed by atoms with E-state index in [2.05, 4.69) is 14.3 Å². The van der Waals surface area contributed by atoms with E-state index in [1.54, 1.807) is 17.3 Å². The van der Waals surface area contributed by atoms with E-state index < -0.39 is 0 Å². The van der Waals surface area contributed by atoms with E-state index in [4.69, 9.17) is 28.2 Å². The molecule has 1 saturated heterocycles. The minimum atomic E-state index is -0.186. The van der Waals surface area contributed by atoms with Gasteiger partial charge in [-0.2, -0.15) is 4.37 Å². The number of carbonyl (C=O) groups excluding carboxylic acids is 1. The number of hydrogen-bond acceptors (Lipinski definition) is 6. The average molecular weight is 434 g/mol. The summed E-state index contributed by atoms with van der Waals surface area (Å²) >= 11 is 13.2. The highest BCUT2D eigenvalue weighted by molar-refractivity contribution is 7.11. The molecule has 0 radical (unpaired) electrons. The number of piperidine rings is 1. The molecule has 9 heteroatoms. The van der Waals surface area contributed by atoms with Gasteiger partial charge in [0.05, 0.1) is 5.69 Å². The summed E-state index contributed by atoms with van der Waals surface area (Å²) in [6.07, 6.45) is 7.19. The van der Waals surface area contributed by atoms with Crippen molar-refractivity contribution in [1.82, 2.24) is 24.2 Å². The third kappa shape index (κ3) is 3.74. The van der Waals surface area contributed by atoms with E-state index in [-0.39, 0.29) is 22.5 Å². The maximum atomic E-state index is 12.9. The standard InChI is InChI=1S/C19H17Cl2N5OS/c1-11-23-9-14(12-4-6-22-7-5-12)16(24-11)13-3-2-8-26(10-13)19(27)17-15(20)18(21)28-25-17/h4-7,9,13H,2-3,8,10H2,1H3/t13-/m0/s1. The smallest absolute Gasteiger partial charge is 0.275 e. The molecule has 144 valence electrons. The number of halogens is 2. The fourth-order valence-electron chi connectivity index (χ4n) is 3.48. The first-order valence-corrected chi connectivity index (χ1v) is 10.4. The monoisotopic (exact) mass is 433 g/mol. The molecule has 0 spiro atoms. The summed E-state index contributed by atoms with van der Waals surface area (Å²) < 4.78 is 4.46. The summed E-state index contributed by atoms with van der Waals surface area (Å²) in [5.41, 5.74) is 3.17. The number of aromatic nitrogens is 4. The van der Waals surface area contributed by atoms with Gasteiger partial charge < -0.3 is 4.90 Å². The normalized spacial score (nSPS) is 17.0. The third-order valence-electron chi connectivity index (χ3n) is 4.83. The molecule has 0 bridgehead atoms. The Labute approximate surface area is 176 Å².